The van der Waals surface area contributed by atoms with Gasteiger partial charge in [-0.25, -0.2) is 4.79 Å². The summed E-state index contributed by atoms with van der Waals surface area (Å²) in [5, 5.41) is 22.0. The highest BCUT2D eigenvalue weighted by Gasteiger charge is 2.23. The highest BCUT2D eigenvalue weighted by molar-refractivity contribution is 5.99. The molecule has 0 aliphatic rings. The van der Waals surface area contributed by atoms with Gasteiger partial charge in [-0.15, -0.1) is 0 Å². The van der Waals surface area contributed by atoms with E-state index in [4.69, 9.17) is 5.11 Å². The molecule has 0 fully saturated rings. The van der Waals surface area contributed by atoms with E-state index in [1.54, 1.807) is 4.57 Å². The van der Waals surface area contributed by atoms with Gasteiger partial charge in [0, 0.05) is 23.9 Å². The summed E-state index contributed by atoms with van der Waals surface area (Å²) in [7, 11) is 0. The molecule has 0 unspecified atom stereocenters. The Hall–Kier alpha value is -3.60. The summed E-state index contributed by atoms with van der Waals surface area (Å²) in [4.78, 5) is 23.2. The minimum Gasteiger partial charge on any atom is -0.481 e. The van der Waals surface area contributed by atoms with Crippen molar-refractivity contribution < 1.29 is 19.8 Å². The number of aryl methyl sites for hydroxylation is 1. The number of aliphatic carboxylic acids is 1. The Morgan fingerprint density at radius 1 is 0.821 bits per heavy atom. The van der Waals surface area contributed by atoms with E-state index in [2.05, 4.69) is 0 Å². The van der Waals surface area contributed by atoms with Gasteiger partial charge in [-0.2, -0.15) is 0 Å². The van der Waals surface area contributed by atoms with Gasteiger partial charge >= 0.3 is 11.9 Å². The van der Waals surface area contributed by atoms with Gasteiger partial charge in [-0.3, -0.25) is 4.79 Å². The fraction of sp³-hybridized carbons (Fsp3) is 0.130. The Balaban J connectivity index is 1.92. The fourth-order valence-electron chi connectivity index (χ4n) is 3.87. The lowest BCUT2D eigenvalue weighted by molar-refractivity contribution is -0.136. The summed E-state index contributed by atoms with van der Waals surface area (Å²) in [6.07, 6.45) is 0.0720. The number of rotatable bonds is 6. The molecule has 0 aliphatic heterocycles. The van der Waals surface area contributed by atoms with E-state index in [0.29, 0.717) is 12.1 Å². The van der Waals surface area contributed by atoms with Crippen LogP contribution in [0.15, 0.2) is 66.7 Å². The number of carbonyl (C=O) groups is 2. The molecule has 4 aromatic rings. The van der Waals surface area contributed by atoms with Crippen LogP contribution in [-0.2, 0) is 17.8 Å². The molecular weight excluding hydrogens is 354 g/mol. The molecule has 0 saturated carbocycles. The second-order valence-corrected chi connectivity index (χ2v) is 6.77. The third kappa shape index (κ3) is 3.11. The summed E-state index contributed by atoms with van der Waals surface area (Å²) in [6.45, 7) is 0.399. The second kappa shape index (κ2) is 7.19. The zero-order valence-electron chi connectivity index (χ0n) is 15.1. The van der Waals surface area contributed by atoms with E-state index < -0.39 is 11.9 Å². The molecule has 1 heterocycles. The van der Waals surface area contributed by atoms with Crippen LogP contribution in [-0.4, -0.2) is 26.7 Å². The van der Waals surface area contributed by atoms with E-state index in [9.17, 15) is 14.7 Å². The topological polar surface area (TPSA) is 79.5 Å². The molecule has 0 bridgehead atoms. The van der Waals surface area contributed by atoms with Crippen molar-refractivity contribution in [3.63, 3.8) is 0 Å². The number of fused-ring (bicyclic) bond motifs is 2. The van der Waals surface area contributed by atoms with E-state index in [1.807, 2.05) is 66.7 Å². The third-order valence-electron chi connectivity index (χ3n) is 5.08. The monoisotopic (exact) mass is 373 g/mol. The predicted octanol–water partition coefficient (Wildman–Crippen LogP) is 4.56. The van der Waals surface area contributed by atoms with Crippen LogP contribution >= 0.6 is 0 Å². The number of aromatic carboxylic acids is 1. The van der Waals surface area contributed by atoms with Crippen molar-refractivity contribution in [2.45, 2.75) is 19.4 Å². The number of aromatic nitrogens is 1. The summed E-state index contributed by atoms with van der Waals surface area (Å²) in [5.41, 5.74) is 2.56. The van der Waals surface area contributed by atoms with Gasteiger partial charge in [0.15, 0.2) is 0 Å². The second-order valence-electron chi connectivity index (χ2n) is 6.77. The first-order valence-electron chi connectivity index (χ1n) is 9.08. The Labute approximate surface area is 161 Å². The van der Waals surface area contributed by atoms with Crippen LogP contribution < -0.4 is 0 Å². The number of carboxylic acids is 2. The fourth-order valence-corrected chi connectivity index (χ4v) is 3.87. The van der Waals surface area contributed by atoms with Gasteiger partial charge in [0.25, 0.3) is 0 Å². The van der Waals surface area contributed by atoms with Gasteiger partial charge in [-0.05, 0) is 34.4 Å². The van der Waals surface area contributed by atoms with Crippen LogP contribution in [0.1, 0.15) is 28.0 Å². The molecule has 0 radical (unpaired) electrons. The number of nitrogens with zero attached hydrogens (tertiary/aromatic N) is 1. The van der Waals surface area contributed by atoms with Crippen molar-refractivity contribution in [1.82, 2.24) is 4.57 Å². The van der Waals surface area contributed by atoms with E-state index in [0.717, 1.165) is 27.2 Å². The van der Waals surface area contributed by atoms with Gasteiger partial charge in [0.1, 0.15) is 5.69 Å². The number of para-hydroxylation sites is 1. The number of carboxylic acid groups (broad SMARTS) is 2. The normalized spacial score (nSPS) is 11.1. The van der Waals surface area contributed by atoms with E-state index in [1.165, 1.54) is 0 Å². The summed E-state index contributed by atoms with van der Waals surface area (Å²) >= 11 is 0. The van der Waals surface area contributed by atoms with Gasteiger partial charge in [0.2, 0.25) is 0 Å². The Kier molecular flexibility index (Phi) is 4.57. The molecule has 140 valence electrons. The van der Waals surface area contributed by atoms with E-state index >= 15 is 0 Å². The van der Waals surface area contributed by atoms with Crippen molar-refractivity contribution in [2.75, 3.05) is 0 Å². The molecule has 28 heavy (non-hydrogen) atoms. The lowest BCUT2D eigenvalue weighted by Crippen LogP contribution is -2.12. The zero-order chi connectivity index (χ0) is 19.7. The Morgan fingerprint density at radius 2 is 1.50 bits per heavy atom. The SMILES string of the molecule is O=C(O)CCc1c(C(=O)O)n(Cc2cccc3ccccc23)c2ccccc12. The van der Waals surface area contributed by atoms with Crippen molar-refractivity contribution in [2.24, 2.45) is 0 Å². The molecule has 0 spiro atoms. The molecule has 1 aromatic heterocycles. The van der Waals surface area contributed by atoms with Gasteiger partial charge in [-0.1, -0.05) is 60.7 Å². The molecule has 5 nitrogen and oxygen atoms in total. The van der Waals surface area contributed by atoms with Crippen molar-refractivity contribution >= 4 is 33.6 Å². The first kappa shape index (κ1) is 17.8. The summed E-state index contributed by atoms with van der Waals surface area (Å²) in [5.74, 6) is -1.99. The van der Waals surface area contributed by atoms with E-state index in [-0.39, 0.29) is 18.5 Å². The quantitative estimate of drug-likeness (QED) is 0.519. The molecule has 0 saturated heterocycles. The molecular formula is C23H19NO4. The average molecular weight is 373 g/mol. The Morgan fingerprint density at radius 3 is 2.25 bits per heavy atom. The zero-order valence-corrected chi connectivity index (χ0v) is 15.1. The van der Waals surface area contributed by atoms with Crippen LogP contribution in [0.3, 0.4) is 0 Å². The highest BCUT2D eigenvalue weighted by Crippen LogP contribution is 2.30. The minimum atomic E-state index is -1.04. The van der Waals surface area contributed by atoms with Gasteiger partial charge in [0.05, 0.1) is 0 Å². The number of hydrogen-bond donors (Lipinski definition) is 2. The van der Waals surface area contributed by atoms with Crippen LogP contribution in [0.5, 0.6) is 0 Å². The van der Waals surface area contributed by atoms with Crippen molar-refractivity contribution in [1.29, 1.82) is 0 Å². The predicted molar refractivity (Wildman–Crippen MR) is 108 cm³/mol. The van der Waals surface area contributed by atoms with Crippen molar-refractivity contribution in [3.05, 3.63) is 83.6 Å². The Bertz CT molecular complexity index is 1200. The smallest absolute Gasteiger partial charge is 0.352 e. The highest BCUT2D eigenvalue weighted by atomic mass is 16.4. The molecule has 0 atom stereocenters. The average Bonchev–Trinajstić information content (AvgIpc) is 3.00. The molecule has 3 aromatic carbocycles. The van der Waals surface area contributed by atoms with Gasteiger partial charge < -0.3 is 14.8 Å². The van der Waals surface area contributed by atoms with Crippen LogP contribution in [0.2, 0.25) is 0 Å². The third-order valence-corrected chi connectivity index (χ3v) is 5.08. The first-order chi connectivity index (χ1) is 13.6. The largest absolute Gasteiger partial charge is 0.481 e. The number of benzene rings is 3. The molecule has 2 N–H and O–H groups in total. The lowest BCUT2D eigenvalue weighted by Gasteiger charge is -2.12. The van der Waals surface area contributed by atoms with Crippen LogP contribution in [0, 0.1) is 0 Å². The summed E-state index contributed by atoms with van der Waals surface area (Å²) < 4.78 is 1.79. The number of hydrogen-bond acceptors (Lipinski definition) is 2. The lowest BCUT2D eigenvalue weighted by atomic mass is 10.0. The maximum Gasteiger partial charge on any atom is 0.352 e. The maximum atomic E-state index is 12.1. The minimum absolute atomic E-state index is 0.109. The molecule has 0 aliphatic carbocycles. The first-order valence-corrected chi connectivity index (χ1v) is 9.08. The van der Waals surface area contributed by atoms with Crippen LogP contribution in [0.4, 0.5) is 0 Å². The maximum absolute atomic E-state index is 12.1. The standard InChI is InChI=1S/C23H19NO4/c25-21(26)13-12-19-18-10-3-4-11-20(18)24(22(19)23(27)28)14-16-8-5-7-15-6-1-2-9-17(15)16/h1-11H,12-14H2,(H,25,26)(H,27,28). The summed E-state index contributed by atoms with van der Waals surface area (Å²) in [6, 6.07) is 21.5. The molecule has 4 rings (SSSR count). The van der Waals surface area contributed by atoms with Crippen molar-refractivity contribution in [3.8, 4) is 0 Å². The molecule has 5 heteroatoms. The molecule has 0 amide bonds. The van der Waals surface area contributed by atoms with Crippen LogP contribution in [0.25, 0.3) is 21.7 Å².